The molecule has 2 aliphatic rings. The monoisotopic (exact) mass is 431 g/mol. The summed E-state index contributed by atoms with van der Waals surface area (Å²) in [5.41, 5.74) is -0.848. The number of hydrogen-bond acceptors (Lipinski definition) is 7. The normalized spacial score (nSPS) is 17.2. The van der Waals surface area contributed by atoms with E-state index in [1.54, 1.807) is 34.4 Å². The van der Waals surface area contributed by atoms with Gasteiger partial charge in [0.1, 0.15) is 13.2 Å². The van der Waals surface area contributed by atoms with Crippen molar-refractivity contribution in [2.75, 3.05) is 24.7 Å². The van der Waals surface area contributed by atoms with Crippen LogP contribution in [0, 0.1) is 0 Å². The second-order valence-electron chi connectivity index (χ2n) is 7.56. The van der Waals surface area contributed by atoms with E-state index in [0.29, 0.717) is 49.8 Å². The molecule has 1 N–H and O–H groups in total. The van der Waals surface area contributed by atoms with Gasteiger partial charge in [-0.2, -0.15) is 0 Å². The molecular formula is C22H25NO6S. The number of thiophene rings is 1. The standard InChI is InChI=1S/C22H25NO6S/c24-20(15-29-21(25)22(26)8-2-1-3-9-22)23(14-17-5-4-12-30-17)16-6-7-18-19(13-16)28-11-10-27-18/h4-7,12-13,26H,1-3,8-11,14-15H2. The highest BCUT2D eigenvalue weighted by Gasteiger charge is 2.39. The van der Waals surface area contributed by atoms with Crippen LogP contribution in [0.1, 0.15) is 37.0 Å². The van der Waals surface area contributed by atoms with E-state index in [1.165, 1.54) is 0 Å². The van der Waals surface area contributed by atoms with E-state index in [1.807, 2.05) is 17.5 Å². The number of rotatable bonds is 6. The van der Waals surface area contributed by atoms with Crippen LogP contribution in [0.5, 0.6) is 11.5 Å². The van der Waals surface area contributed by atoms with E-state index in [4.69, 9.17) is 14.2 Å². The van der Waals surface area contributed by atoms with Gasteiger partial charge in [-0.05, 0) is 49.3 Å². The maximum Gasteiger partial charge on any atom is 0.338 e. The number of nitrogens with zero attached hydrogens (tertiary/aromatic N) is 1. The van der Waals surface area contributed by atoms with Gasteiger partial charge in [0.05, 0.1) is 6.54 Å². The molecule has 7 nitrogen and oxygen atoms in total. The second-order valence-corrected chi connectivity index (χ2v) is 8.59. The lowest BCUT2D eigenvalue weighted by atomic mass is 9.85. The molecule has 0 unspecified atom stereocenters. The minimum atomic E-state index is -1.48. The summed E-state index contributed by atoms with van der Waals surface area (Å²) in [5, 5.41) is 12.5. The number of hydrogen-bond donors (Lipinski definition) is 1. The number of carbonyl (C=O) groups is 2. The Hall–Kier alpha value is -2.58. The Morgan fingerprint density at radius 1 is 1.10 bits per heavy atom. The molecule has 0 atom stereocenters. The quantitative estimate of drug-likeness (QED) is 0.707. The number of aliphatic hydroxyl groups is 1. The second kappa shape index (κ2) is 9.06. The van der Waals surface area contributed by atoms with Crippen LogP contribution >= 0.6 is 11.3 Å². The average molecular weight is 432 g/mol. The molecule has 1 aromatic heterocycles. The Labute approximate surface area is 179 Å². The van der Waals surface area contributed by atoms with Crippen molar-refractivity contribution in [3.05, 3.63) is 40.6 Å². The van der Waals surface area contributed by atoms with Crippen molar-refractivity contribution in [1.29, 1.82) is 0 Å². The first-order chi connectivity index (χ1) is 14.5. The maximum absolute atomic E-state index is 13.0. The fourth-order valence-electron chi connectivity index (χ4n) is 3.76. The smallest absolute Gasteiger partial charge is 0.338 e. The molecule has 160 valence electrons. The molecular weight excluding hydrogens is 406 g/mol. The summed E-state index contributed by atoms with van der Waals surface area (Å²) in [6, 6.07) is 9.19. The van der Waals surface area contributed by atoms with Gasteiger partial charge in [0, 0.05) is 16.6 Å². The number of benzene rings is 1. The van der Waals surface area contributed by atoms with Gasteiger partial charge in [-0.3, -0.25) is 4.79 Å². The van der Waals surface area contributed by atoms with Gasteiger partial charge in [0.2, 0.25) is 0 Å². The van der Waals surface area contributed by atoms with Gasteiger partial charge in [-0.1, -0.05) is 12.5 Å². The maximum atomic E-state index is 13.0. The highest BCUT2D eigenvalue weighted by Crippen LogP contribution is 2.35. The lowest BCUT2D eigenvalue weighted by Gasteiger charge is -2.30. The molecule has 0 bridgehead atoms. The zero-order chi connectivity index (χ0) is 21.0. The average Bonchev–Trinajstić information content (AvgIpc) is 3.29. The Balaban J connectivity index is 1.49. The van der Waals surface area contributed by atoms with Gasteiger partial charge in [0.25, 0.3) is 5.91 Å². The summed E-state index contributed by atoms with van der Waals surface area (Å²) >= 11 is 1.54. The van der Waals surface area contributed by atoms with E-state index in [0.717, 1.165) is 24.1 Å². The van der Waals surface area contributed by atoms with Crippen molar-refractivity contribution in [2.24, 2.45) is 0 Å². The molecule has 1 aliphatic heterocycles. The zero-order valence-electron chi connectivity index (χ0n) is 16.7. The van der Waals surface area contributed by atoms with E-state index >= 15 is 0 Å². The van der Waals surface area contributed by atoms with Crippen LogP contribution in [0.15, 0.2) is 35.7 Å². The number of carbonyl (C=O) groups excluding carboxylic acids is 2. The number of esters is 1. The van der Waals surface area contributed by atoms with Crippen LogP contribution in [0.3, 0.4) is 0 Å². The van der Waals surface area contributed by atoms with Crippen molar-refractivity contribution >= 4 is 28.9 Å². The van der Waals surface area contributed by atoms with Gasteiger partial charge in [-0.25, -0.2) is 4.79 Å². The number of fused-ring (bicyclic) bond motifs is 1. The molecule has 1 aliphatic carbocycles. The summed E-state index contributed by atoms with van der Waals surface area (Å²) in [5.74, 6) is 0.136. The SMILES string of the molecule is O=C(COC(=O)C1(O)CCCCC1)N(Cc1cccs1)c1ccc2c(c1)OCCO2. The first kappa shape index (κ1) is 20.7. The molecule has 4 rings (SSSR count). The lowest BCUT2D eigenvalue weighted by molar-refractivity contribution is -0.170. The van der Waals surface area contributed by atoms with Gasteiger partial charge >= 0.3 is 5.97 Å². The summed E-state index contributed by atoms with van der Waals surface area (Å²) < 4.78 is 16.4. The molecule has 1 aromatic carbocycles. The Morgan fingerprint density at radius 2 is 1.87 bits per heavy atom. The summed E-state index contributed by atoms with van der Waals surface area (Å²) in [6.45, 7) is 0.855. The van der Waals surface area contributed by atoms with Crippen LogP contribution in [0.25, 0.3) is 0 Å². The lowest BCUT2D eigenvalue weighted by Crippen LogP contribution is -2.43. The summed E-state index contributed by atoms with van der Waals surface area (Å²) in [4.78, 5) is 28.0. The Morgan fingerprint density at radius 3 is 2.60 bits per heavy atom. The molecule has 8 heteroatoms. The third-order valence-corrected chi connectivity index (χ3v) is 6.28. The Kier molecular flexibility index (Phi) is 6.24. The van der Waals surface area contributed by atoms with Crippen LogP contribution < -0.4 is 14.4 Å². The largest absolute Gasteiger partial charge is 0.486 e. The highest BCUT2D eigenvalue weighted by atomic mass is 32.1. The highest BCUT2D eigenvalue weighted by molar-refractivity contribution is 7.09. The third kappa shape index (κ3) is 4.60. The summed E-state index contributed by atoms with van der Waals surface area (Å²) in [6.07, 6.45) is 3.30. The van der Waals surface area contributed by atoms with E-state index in [9.17, 15) is 14.7 Å². The van der Waals surface area contributed by atoms with Crippen molar-refractivity contribution < 1.29 is 28.9 Å². The molecule has 0 spiro atoms. The minimum Gasteiger partial charge on any atom is -0.486 e. The molecule has 1 fully saturated rings. The molecule has 1 amide bonds. The van der Waals surface area contributed by atoms with Crippen LogP contribution in [0.4, 0.5) is 5.69 Å². The van der Waals surface area contributed by atoms with Gasteiger partial charge < -0.3 is 24.2 Å². The predicted molar refractivity (Wildman–Crippen MR) is 112 cm³/mol. The molecule has 2 aromatic rings. The minimum absolute atomic E-state index is 0.345. The molecule has 1 saturated carbocycles. The third-order valence-electron chi connectivity index (χ3n) is 5.42. The van der Waals surface area contributed by atoms with Crippen molar-refractivity contribution in [2.45, 2.75) is 44.2 Å². The summed E-state index contributed by atoms with van der Waals surface area (Å²) in [7, 11) is 0. The van der Waals surface area contributed by atoms with Crippen molar-refractivity contribution in [1.82, 2.24) is 0 Å². The van der Waals surface area contributed by atoms with Crippen LogP contribution in [0.2, 0.25) is 0 Å². The molecule has 0 saturated heterocycles. The van der Waals surface area contributed by atoms with Gasteiger partial charge in [0.15, 0.2) is 23.7 Å². The van der Waals surface area contributed by atoms with Crippen molar-refractivity contribution in [3.8, 4) is 11.5 Å². The van der Waals surface area contributed by atoms with Crippen molar-refractivity contribution in [3.63, 3.8) is 0 Å². The molecule has 30 heavy (non-hydrogen) atoms. The molecule has 2 heterocycles. The Bertz CT molecular complexity index is 891. The fourth-order valence-corrected chi connectivity index (χ4v) is 4.45. The molecule has 0 radical (unpaired) electrons. The van der Waals surface area contributed by atoms with Crippen LogP contribution in [-0.4, -0.2) is 42.4 Å². The number of ether oxygens (including phenoxy) is 3. The van der Waals surface area contributed by atoms with E-state index < -0.39 is 18.2 Å². The van der Waals surface area contributed by atoms with E-state index in [-0.39, 0.29) is 5.91 Å². The number of amides is 1. The van der Waals surface area contributed by atoms with Gasteiger partial charge in [-0.15, -0.1) is 11.3 Å². The predicted octanol–water partition coefficient (Wildman–Crippen LogP) is 3.29. The first-order valence-corrected chi connectivity index (χ1v) is 11.1. The zero-order valence-corrected chi connectivity index (χ0v) is 17.5. The first-order valence-electron chi connectivity index (χ1n) is 10.2. The van der Waals surface area contributed by atoms with Crippen LogP contribution in [-0.2, 0) is 20.9 Å². The fraction of sp³-hybridized carbons (Fsp3) is 0.455. The van der Waals surface area contributed by atoms with E-state index in [2.05, 4.69) is 0 Å². The number of anilines is 1. The topological polar surface area (TPSA) is 85.3 Å².